The molecule has 0 aliphatic heterocycles. The highest BCUT2D eigenvalue weighted by Crippen LogP contribution is 2.02. The first-order valence-corrected chi connectivity index (χ1v) is 7.31. The summed E-state index contributed by atoms with van der Waals surface area (Å²) in [6.45, 7) is 0.806. The van der Waals surface area contributed by atoms with Crippen LogP contribution in [0.4, 0.5) is 0 Å². The van der Waals surface area contributed by atoms with Crippen molar-refractivity contribution in [3.63, 3.8) is 0 Å². The molecule has 1 amide bonds. The van der Waals surface area contributed by atoms with Gasteiger partial charge in [0.2, 0.25) is 5.91 Å². The van der Waals surface area contributed by atoms with Gasteiger partial charge < -0.3 is 5.32 Å². The maximum Gasteiger partial charge on any atom is 0.220 e. The normalized spacial score (nSPS) is 10.2. The second-order valence-electron chi connectivity index (χ2n) is 4.09. The standard InChI is InChI=1S/C14H20BrNO/c15-11-5-2-6-12-16-14(17)10-9-13-7-3-1-4-8-13/h1,3-4,7-8H,2,5-6,9-12H2,(H,16,17). The third-order valence-electron chi connectivity index (χ3n) is 2.62. The molecule has 0 radical (unpaired) electrons. The molecule has 1 rings (SSSR count). The van der Waals surface area contributed by atoms with Crippen molar-refractivity contribution in [3.05, 3.63) is 35.9 Å². The number of hydrogen-bond donors (Lipinski definition) is 1. The van der Waals surface area contributed by atoms with E-state index in [1.807, 2.05) is 18.2 Å². The van der Waals surface area contributed by atoms with Crippen LogP contribution in [0.3, 0.4) is 0 Å². The fourth-order valence-corrected chi connectivity index (χ4v) is 2.01. The molecule has 0 heterocycles. The van der Waals surface area contributed by atoms with Crippen molar-refractivity contribution in [2.75, 3.05) is 11.9 Å². The van der Waals surface area contributed by atoms with Crippen LogP contribution in [0.2, 0.25) is 0 Å². The zero-order valence-electron chi connectivity index (χ0n) is 10.1. The fraction of sp³-hybridized carbons (Fsp3) is 0.500. The average Bonchev–Trinajstić information content (AvgIpc) is 2.37. The Morgan fingerprint density at radius 3 is 2.59 bits per heavy atom. The summed E-state index contributed by atoms with van der Waals surface area (Å²) in [4.78, 5) is 11.5. The van der Waals surface area contributed by atoms with Crippen LogP contribution in [0.5, 0.6) is 0 Å². The van der Waals surface area contributed by atoms with Crippen molar-refractivity contribution in [1.29, 1.82) is 0 Å². The van der Waals surface area contributed by atoms with Gasteiger partial charge in [-0.25, -0.2) is 0 Å². The minimum absolute atomic E-state index is 0.160. The van der Waals surface area contributed by atoms with E-state index in [0.717, 1.165) is 24.7 Å². The first kappa shape index (κ1) is 14.2. The van der Waals surface area contributed by atoms with Crippen LogP contribution in [0.1, 0.15) is 31.2 Å². The maximum absolute atomic E-state index is 11.5. The number of halogens is 1. The molecule has 0 fully saturated rings. The molecular weight excluding hydrogens is 278 g/mol. The molecule has 1 N–H and O–H groups in total. The second-order valence-corrected chi connectivity index (χ2v) is 4.88. The number of nitrogens with one attached hydrogen (secondary N) is 1. The van der Waals surface area contributed by atoms with E-state index in [0.29, 0.717) is 6.42 Å². The van der Waals surface area contributed by atoms with Crippen molar-refractivity contribution in [3.8, 4) is 0 Å². The lowest BCUT2D eigenvalue weighted by atomic mass is 10.1. The molecule has 1 aromatic carbocycles. The Labute approximate surface area is 112 Å². The smallest absolute Gasteiger partial charge is 0.220 e. The van der Waals surface area contributed by atoms with Crippen molar-refractivity contribution >= 4 is 21.8 Å². The van der Waals surface area contributed by atoms with E-state index >= 15 is 0 Å². The van der Waals surface area contributed by atoms with Gasteiger partial charge in [0.05, 0.1) is 0 Å². The van der Waals surface area contributed by atoms with Crippen LogP contribution in [-0.2, 0) is 11.2 Å². The number of benzene rings is 1. The third kappa shape index (κ3) is 7.16. The van der Waals surface area contributed by atoms with Crippen LogP contribution >= 0.6 is 15.9 Å². The number of carbonyl (C=O) groups excluding carboxylic acids is 1. The minimum atomic E-state index is 0.160. The van der Waals surface area contributed by atoms with Crippen LogP contribution in [0.15, 0.2) is 30.3 Å². The Morgan fingerprint density at radius 2 is 1.88 bits per heavy atom. The van der Waals surface area contributed by atoms with Gasteiger partial charge in [0, 0.05) is 18.3 Å². The summed E-state index contributed by atoms with van der Waals surface area (Å²) in [5.74, 6) is 0.160. The number of hydrogen-bond acceptors (Lipinski definition) is 1. The summed E-state index contributed by atoms with van der Waals surface area (Å²) in [7, 11) is 0. The minimum Gasteiger partial charge on any atom is -0.356 e. The molecule has 0 aliphatic carbocycles. The number of amides is 1. The van der Waals surface area contributed by atoms with Crippen LogP contribution in [0, 0.1) is 0 Å². The van der Waals surface area contributed by atoms with E-state index in [2.05, 4.69) is 33.4 Å². The zero-order chi connectivity index (χ0) is 12.3. The van der Waals surface area contributed by atoms with Gasteiger partial charge in [-0.05, 0) is 24.8 Å². The molecule has 0 aromatic heterocycles. The fourth-order valence-electron chi connectivity index (χ4n) is 1.62. The van der Waals surface area contributed by atoms with Crippen molar-refractivity contribution in [2.45, 2.75) is 32.1 Å². The summed E-state index contributed by atoms with van der Waals surface area (Å²) in [6, 6.07) is 10.1. The van der Waals surface area contributed by atoms with Crippen molar-refractivity contribution in [2.24, 2.45) is 0 Å². The highest BCUT2D eigenvalue weighted by molar-refractivity contribution is 9.09. The molecular formula is C14H20BrNO. The highest BCUT2D eigenvalue weighted by Gasteiger charge is 2.00. The van der Waals surface area contributed by atoms with E-state index in [1.54, 1.807) is 0 Å². The van der Waals surface area contributed by atoms with E-state index in [1.165, 1.54) is 18.4 Å². The quantitative estimate of drug-likeness (QED) is 0.579. The lowest BCUT2D eigenvalue weighted by Gasteiger charge is -2.04. The van der Waals surface area contributed by atoms with Crippen molar-refractivity contribution < 1.29 is 4.79 Å². The molecule has 0 aliphatic rings. The van der Waals surface area contributed by atoms with E-state index in [4.69, 9.17) is 0 Å². The number of aryl methyl sites for hydroxylation is 1. The molecule has 0 saturated heterocycles. The Balaban J connectivity index is 2.05. The molecule has 0 bridgehead atoms. The van der Waals surface area contributed by atoms with Gasteiger partial charge >= 0.3 is 0 Å². The molecule has 94 valence electrons. The molecule has 0 atom stereocenters. The lowest BCUT2D eigenvalue weighted by molar-refractivity contribution is -0.121. The first-order chi connectivity index (χ1) is 8.33. The Hall–Kier alpha value is -0.830. The average molecular weight is 298 g/mol. The van der Waals surface area contributed by atoms with Gasteiger partial charge in [0.15, 0.2) is 0 Å². The van der Waals surface area contributed by atoms with E-state index < -0.39 is 0 Å². The summed E-state index contributed by atoms with van der Waals surface area (Å²) in [6.07, 6.45) is 4.84. The van der Waals surface area contributed by atoms with Gasteiger partial charge in [-0.3, -0.25) is 4.79 Å². The molecule has 17 heavy (non-hydrogen) atoms. The predicted molar refractivity (Wildman–Crippen MR) is 75.4 cm³/mol. The summed E-state index contributed by atoms with van der Waals surface area (Å²) in [5, 5.41) is 4.01. The first-order valence-electron chi connectivity index (χ1n) is 6.19. The molecule has 0 saturated carbocycles. The number of rotatable bonds is 8. The summed E-state index contributed by atoms with van der Waals surface area (Å²) in [5.41, 5.74) is 1.22. The van der Waals surface area contributed by atoms with Gasteiger partial charge in [-0.15, -0.1) is 0 Å². The number of unbranched alkanes of at least 4 members (excludes halogenated alkanes) is 2. The molecule has 0 unspecified atom stereocenters. The number of carbonyl (C=O) groups is 1. The molecule has 3 heteroatoms. The monoisotopic (exact) mass is 297 g/mol. The highest BCUT2D eigenvalue weighted by atomic mass is 79.9. The van der Waals surface area contributed by atoms with Crippen molar-refractivity contribution in [1.82, 2.24) is 5.32 Å². The van der Waals surface area contributed by atoms with Gasteiger partial charge in [0.1, 0.15) is 0 Å². The van der Waals surface area contributed by atoms with Crippen LogP contribution in [0.25, 0.3) is 0 Å². The largest absolute Gasteiger partial charge is 0.356 e. The third-order valence-corrected chi connectivity index (χ3v) is 3.18. The Bertz CT molecular complexity index is 313. The lowest BCUT2D eigenvalue weighted by Crippen LogP contribution is -2.24. The van der Waals surface area contributed by atoms with Gasteiger partial charge in [0.25, 0.3) is 0 Å². The Morgan fingerprint density at radius 1 is 1.12 bits per heavy atom. The maximum atomic E-state index is 11.5. The summed E-state index contributed by atoms with van der Waals surface area (Å²) >= 11 is 3.39. The predicted octanol–water partition coefficient (Wildman–Crippen LogP) is 3.30. The van der Waals surface area contributed by atoms with Crippen LogP contribution < -0.4 is 5.32 Å². The van der Waals surface area contributed by atoms with Gasteiger partial charge in [-0.1, -0.05) is 52.7 Å². The van der Waals surface area contributed by atoms with Gasteiger partial charge in [-0.2, -0.15) is 0 Å². The topological polar surface area (TPSA) is 29.1 Å². The molecule has 2 nitrogen and oxygen atoms in total. The zero-order valence-corrected chi connectivity index (χ0v) is 11.7. The SMILES string of the molecule is O=C(CCc1ccccc1)NCCCCCBr. The second kappa shape index (κ2) is 9.23. The Kier molecular flexibility index (Phi) is 7.72. The number of alkyl halides is 1. The molecule has 1 aromatic rings. The van der Waals surface area contributed by atoms with Crippen LogP contribution in [-0.4, -0.2) is 17.8 Å². The molecule has 0 spiro atoms. The summed E-state index contributed by atoms with van der Waals surface area (Å²) < 4.78 is 0. The van der Waals surface area contributed by atoms with E-state index in [9.17, 15) is 4.79 Å². The van der Waals surface area contributed by atoms with E-state index in [-0.39, 0.29) is 5.91 Å².